The number of aliphatic hydroxyl groups is 1. The second-order valence-electron chi connectivity index (χ2n) is 6.25. The fourth-order valence-corrected chi connectivity index (χ4v) is 3.86. The molecular formula is C17H25NO2. The number of fused-ring (bicyclic) bond motifs is 1. The molecule has 0 aromatic heterocycles. The van der Waals surface area contributed by atoms with Crippen molar-refractivity contribution in [3.63, 3.8) is 0 Å². The number of ether oxygens (including phenoxy) is 1. The van der Waals surface area contributed by atoms with Crippen LogP contribution in [0, 0.1) is 5.92 Å². The Labute approximate surface area is 121 Å². The molecule has 0 radical (unpaired) electrons. The van der Waals surface area contributed by atoms with Gasteiger partial charge in [-0.05, 0) is 61.4 Å². The lowest BCUT2D eigenvalue weighted by Crippen LogP contribution is -2.51. The summed E-state index contributed by atoms with van der Waals surface area (Å²) in [6.07, 6.45) is 5.30. The van der Waals surface area contributed by atoms with Crippen molar-refractivity contribution in [3.05, 3.63) is 29.3 Å². The molecule has 3 atom stereocenters. The van der Waals surface area contributed by atoms with E-state index in [1.165, 1.54) is 18.4 Å². The van der Waals surface area contributed by atoms with Crippen LogP contribution in [0.25, 0.3) is 0 Å². The maximum atomic E-state index is 11.3. The molecule has 1 fully saturated rings. The molecule has 1 aliphatic heterocycles. The summed E-state index contributed by atoms with van der Waals surface area (Å²) < 4.78 is 5.33. The van der Waals surface area contributed by atoms with Crippen molar-refractivity contribution in [2.45, 2.75) is 50.7 Å². The van der Waals surface area contributed by atoms with Crippen LogP contribution in [0.1, 0.15) is 43.7 Å². The lowest BCUT2D eigenvalue weighted by molar-refractivity contribution is -0.0185. The third kappa shape index (κ3) is 2.23. The molecule has 20 heavy (non-hydrogen) atoms. The molecular weight excluding hydrogens is 250 g/mol. The Morgan fingerprint density at radius 3 is 3.05 bits per heavy atom. The van der Waals surface area contributed by atoms with E-state index >= 15 is 0 Å². The lowest BCUT2D eigenvalue weighted by Gasteiger charge is -2.40. The summed E-state index contributed by atoms with van der Waals surface area (Å²) in [5.74, 6) is 1.58. The predicted octanol–water partition coefficient (Wildman–Crippen LogP) is 2.61. The maximum absolute atomic E-state index is 11.3. The molecule has 1 saturated heterocycles. The van der Waals surface area contributed by atoms with Crippen molar-refractivity contribution in [1.29, 1.82) is 0 Å². The molecule has 3 unspecified atom stereocenters. The number of nitrogens with one attached hydrogen (secondary N) is 1. The minimum Gasteiger partial charge on any atom is -0.497 e. The van der Waals surface area contributed by atoms with Gasteiger partial charge in [-0.25, -0.2) is 0 Å². The summed E-state index contributed by atoms with van der Waals surface area (Å²) in [5.41, 5.74) is 1.62. The zero-order chi connectivity index (χ0) is 14.2. The summed E-state index contributed by atoms with van der Waals surface area (Å²) >= 11 is 0. The molecule has 1 aromatic rings. The van der Waals surface area contributed by atoms with E-state index in [0.29, 0.717) is 0 Å². The number of aryl methyl sites for hydroxylation is 1. The highest BCUT2D eigenvalue weighted by Crippen LogP contribution is 2.43. The predicted molar refractivity (Wildman–Crippen MR) is 80.0 cm³/mol. The second-order valence-corrected chi connectivity index (χ2v) is 6.25. The SMILES string of the molecule is CCC1CCNC(C2(O)CCc3ccc(OC)cc32)C1. The van der Waals surface area contributed by atoms with E-state index in [2.05, 4.69) is 18.3 Å². The van der Waals surface area contributed by atoms with E-state index in [1.807, 2.05) is 12.1 Å². The molecule has 3 rings (SSSR count). The third-order valence-corrected chi connectivity index (χ3v) is 5.23. The van der Waals surface area contributed by atoms with E-state index in [0.717, 1.165) is 43.0 Å². The topological polar surface area (TPSA) is 41.5 Å². The van der Waals surface area contributed by atoms with Crippen LogP contribution in [0.5, 0.6) is 5.75 Å². The summed E-state index contributed by atoms with van der Waals surface area (Å²) in [6, 6.07) is 6.30. The van der Waals surface area contributed by atoms with E-state index in [-0.39, 0.29) is 6.04 Å². The molecule has 110 valence electrons. The maximum Gasteiger partial charge on any atom is 0.119 e. The monoisotopic (exact) mass is 275 g/mol. The van der Waals surface area contributed by atoms with Crippen LogP contribution in [-0.4, -0.2) is 24.8 Å². The molecule has 3 nitrogen and oxygen atoms in total. The van der Waals surface area contributed by atoms with Crippen LogP contribution >= 0.6 is 0 Å². The van der Waals surface area contributed by atoms with E-state index in [4.69, 9.17) is 4.74 Å². The number of hydrogen-bond donors (Lipinski definition) is 2. The Hall–Kier alpha value is -1.06. The van der Waals surface area contributed by atoms with Crippen LogP contribution < -0.4 is 10.1 Å². The van der Waals surface area contributed by atoms with Gasteiger partial charge in [0.25, 0.3) is 0 Å². The zero-order valence-corrected chi connectivity index (χ0v) is 12.5. The summed E-state index contributed by atoms with van der Waals surface area (Å²) in [4.78, 5) is 0. The third-order valence-electron chi connectivity index (χ3n) is 5.23. The average molecular weight is 275 g/mol. The number of hydrogen-bond acceptors (Lipinski definition) is 3. The highest BCUT2D eigenvalue weighted by molar-refractivity contribution is 5.44. The van der Waals surface area contributed by atoms with Crippen molar-refractivity contribution in [2.24, 2.45) is 5.92 Å². The molecule has 2 N–H and O–H groups in total. The Morgan fingerprint density at radius 1 is 1.45 bits per heavy atom. The first kappa shape index (κ1) is 13.9. The molecule has 3 heteroatoms. The fourth-order valence-electron chi connectivity index (χ4n) is 3.86. The van der Waals surface area contributed by atoms with Gasteiger partial charge in [0.15, 0.2) is 0 Å². The van der Waals surface area contributed by atoms with Crippen molar-refractivity contribution in [2.75, 3.05) is 13.7 Å². The van der Waals surface area contributed by atoms with E-state index in [9.17, 15) is 5.11 Å². The highest BCUT2D eigenvalue weighted by atomic mass is 16.5. The molecule has 1 heterocycles. The number of rotatable bonds is 3. The number of methoxy groups -OCH3 is 1. The van der Waals surface area contributed by atoms with E-state index < -0.39 is 5.60 Å². The molecule has 0 spiro atoms. The number of piperidine rings is 1. The molecule has 1 aliphatic carbocycles. The Kier molecular flexibility index (Phi) is 3.74. The Balaban J connectivity index is 1.90. The van der Waals surface area contributed by atoms with Gasteiger partial charge in [-0.3, -0.25) is 0 Å². The van der Waals surface area contributed by atoms with Crippen molar-refractivity contribution in [3.8, 4) is 5.75 Å². The molecule has 2 aliphatic rings. The van der Waals surface area contributed by atoms with Crippen LogP contribution in [0.15, 0.2) is 18.2 Å². The van der Waals surface area contributed by atoms with Crippen LogP contribution in [0.2, 0.25) is 0 Å². The Morgan fingerprint density at radius 2 is 2.30 bits per heavy atom. The Bertz CT molecular complexity index is 488. The van der Waals surface area contributed by atoms with Crippen molar-refractivity contribution >= 4 is 0 Å². The minimum absolute atomic E-state index is 0.176. The first-order valence-electron chi connectivity index (χ1n) is 7.80. The standard InChI is InChI=1S/C17H25NO2/c1-3-12-7-9-18-16(10-12)17(19)8-6-13-4-5-14(20-2)11-15(13)17/h4-5,11-12,16,18-19H,3,6-10H2,1-2H3. The quantitative estimate of drug-likeness (QED) is 0.891. The molecule has 0 saturated carbocycles. The van der Waals surface area contributed by atoms with Gasteiger partial charge < -0.3 is 15.2 Å². The smallest absolute Gasteiger partial charge is 0.119 e. The largest absolute Gasteiger partial charge is 0.497 e. The van der Waals surface area contributed by atoms with Crippen molar-refractivity contribution < 1.29 is 9.84 Å². The van der Waals surface area contributed by atoms with Crippen molar-refractivity contribution in [1.82, 2.24) is 5.32 Å². The van der Waals surface area contributed by atoms with Gasteiger partial charge in [-0.2, -0.15) is 0 Å². The summed E-state index contributed by atoms with van der Waals surface area (Å²) in [6.45, 7) is 3.27. The zero-order valence-electron chi connectivity index (χ0n) is 12.5. The van der Waals surface area contributed by atoms with Gasteiger partial charge in [0.1, 0.15) is 11.4 Å². The summed E-state index contributed by atoms with van der Waals surface area (Å²) in [5, 5.41) is 14.8. The fraction of sp³-hybridized carbons (Fsp3) is 0.647. The van der Waals surface area contributed by atoms with Gasteiger partial charge in [0.05, 0.1) is 7.11 Å². The second kappa shape index (κ2) is 5.38. The average Bonchev–Trinajstić information content (AvgIpc) is 2.85. The van der Waals surface area contributed by atoms with Crippen LogP contribution in [0.4, 0.5) is 0 Å². The lowest BCUT2D eigenvalue weighted by atomic mass is 9.79. The molecule has 0 bridgehead atoms. The summed E-state index contributed by atoms with van der Waals surface area (Å²) in [7, 11) is 1.68. The van der Waals surface area contributed by atoms with Crippen LogP contribution in [0.3, 0.4) is 0 Å². The first-order valence-corrected chi connectivity index (χ1v) is 7.80. The molecule has 1 aromatic carbocycles. The van der Waals surface area contributed by atoms with Gasteiger partial charge >= 0.3 is 0 Å². The van der Waals surface area contributed by atoms with Crippen LogP contribution in [-0.2, 0) is 12.0 Å². The van der Waals surface area contributed by atoms with Gasteiger partial charge in [0.2, 0.25) is 0 Å². The van der Waals surface area contributed by atoms with E-state index in [1.54, 1.807) is 7.11 Å². The highest BCUT2D eigenvalue weighted by Gasteiger charge is 2.45. The molecule has 0 amide bonds. The normalized spacial score (nSPS) is 33.0. The minimum atomic E-state index is -0.724. The van der Waals surface area contributed by atoms with Gasteiger partial charge in [-0.1, -0.05) is 19.4 Å². The van der Waals surface area contributed by atoms with Gasteiger partial charge in [-0.15, -0.1) is 0 Å². The first-order chi connectivity index (χ1) is 9.67. The number of benzene rings is 1. The van der Waals surface area contributed by atoms with Gasteiger partial charge in [0, 0.05) is 6.04 Å².